The monoisotopic (exact) mass is 1050 g/mol. The predicted molar refractivity (Wildman–Crippen MR) is 229 cm³/mol. The highest BCUT2D eigenvalue weighted by Crippen LogP contribution is 2.39. The fourth-order valence-corrected chi connectivity index (χ4v) is 8.18. The number of ether oxygens (including phenoxy) is 6. The number of carbonyl (C=O) groups excluding carboxylic acids is 4. The molecule has 0 N–H and O–H groups in total. The Labute approximate surface area is 371 Å². The molecule has 0 aromatic heterocycles. The van der Waals surface area contributed by atoms with Crippen molar-refractivity contribution >= 4 is 87.6 Å². The molecule has 4 aromatic rings. The van der Waals surface area contributed by atoms with Crippen LogP contribution in [0.15, 0.2) is 115 Å². The van der Waals surface area contributed by atoms with Crippen LogP contribution in [0.5, 0.6) is 0 Å². The third-order valence-electron chi connectivity index (χ3n) is 10.3. The Hall–Kier alpha value is -3.40. The standard InChI is InChI=1S/C44H42Br4O10/c1-24(2)34-21-4-25(3)22-35(34)54-44-39(58-43(52)29-11-19-33(48)20-12-29)38(57-42(51)28-9-17-32(47)18-10-28)37(56-41(50)27-7-15-31(46)16-8-27)36(55-44)23-53-40(49)26-5-13-30(45)14-6-26/h5-20,24-25,34-39,44H,4,21-23H2,1-3H3/t25-,34+,35-,36-,37-,38+,39+,44-/m1/s1. The molecule has 0 unspecified atom stereocenters. The fraction of sp³-hybridized carbons (Fsp3) is 0.364. The summed E-state index contributed by atoms with van der Waals surface area (Å²) in [6.07, 6.45) is -4.75. The minimum atomic E-state index is -1.51. The van der Waals surface area contributed by atoms with Crippen LogP contribution in [0.2, 0.25) is 0 Å². The lowest BCUT2D eigenvalue weighted by Crippen LogP contribution is -2.64. The lowest BCUT2D eigenvalue weighted by Gasteiger charge is -2.47. The highest BCUT2D eigenvalue weighted by Gasteiger charge is 2.54. The average molecular weight is 1050 g/mol. The average Bonchev–Trinajstić information content (AvgIpc) is 3.20. The molecule has 2 fully saturated rings. The van der Waals surface area contributed by atoms with E-state index < -0.39 is 61.2 Å². The van der Waals surface area contributed by atoms with Crippen molar-refractivity contribution in [2.45, 2.75) is 76.8 Å². The van der Waals surface area contributed by atoms with Crippen molar-refractivity contribution in [3.63, 3.8) is 0 Å². The van der Waals surface area contributed by atoms with Crippen molar-refractivity contribution in [3.05, 3.63) is 137 Å². The number of hydrogen-bond acceptors (Lipinski definition) is 10. The quantitative estimate of drug-likeness (QED) is 0.100. The molecule has 8 atom stereocenters. The maximum absolute atomic E-state index is 14.1. The van der Waals surface area contributed by atoms with Gasteiger partial charge in [-0.15, -0.1) is 0 Å². The van der Waals surface area contributed by atoms with Gasteiger partial charge in [-0.3, -0.25) is 0 Å². The molecule has 0 radical (unpaired) electrons. The number of carbonyl (C=O) groups is 4. The van der Waals surface area contributed by atoms with E-state index in [1.54, 1.807) is 97.1 Å². The van der Waals surface area contributed by atoms with Gasteiger partial charge in [0.05, 0.1) is 28.4 Å². The third-order valence-corrected chi connectivity index (χ3v) is 12.4. The van der Waals surface area contributed by atoms with Gasteiger partial charge in [0.15, 0.2) is 24.6 Å². The Morgan fingerprint density at radius 3 is 1.41 bits per heavy atom. The van der Waals surface area contributed by atoms with Crippen molar-refractivity contribution in [1.82, 2.24) is 0 Å². The first kappa shape index (κ1) is 44.2. The van der Waals surface area contributed by atoms with Crippen LogP contribution in [-0.4, -0.2) is 67.3 Å². The van der Waals surface area contributed by atoms with Crippen molar-refractivity contribution in [1.29, 1.82) is 0 Å². The first-order chi connectivity index (χ1) is 27.7. The second-order valence-corrected chi connectivity index (χ2v) is 18.4. The Morgan fingerprint density at radius 1 is 0.586 bits per heavy atom. The van der Waals surface area contributed by atoms with Gasteiger partial charge in [-0.1, -0.05) is 90.9 Å². The zero-order valence-corrected chi connectivity index (χ0v) is 38.2. The second kappa shape index (κ2) is 20.2. The number of benzene rings is 4. The van der Waals surface area contributed by atoms with E-state index >= 15 is 0 Å². The summed E-state index contributed by atoms with van der Waals surface area (Å²) in [6, 6.07) is 26.2. The van der Waals surface area contributed by atoms with E-state index in [0.717, 1.165) is 30.7 Å². The lowest BCUT2D eigenvalue weighted by atomic mass is 9.75. The van der Waals surface area contributed by atoms with Gasteiger partial charge in [-0.25, -0.2) is 19.2 Å². The minimum absolute atomic E-state index is 0.132. The summed E-state index contributed by atoms with van der Waals surface area (Å²) >= 11 is 13.6. The molecule has 1 aliphatic carbocycles. The SMILES string of the molecule is CC(C)[C@@H]1CC[C@@H](C)C[C@H]1O[C@@H]1O[C@H](COC(=O)c2ccc(Br)cc2)[C@@H](OC(=O)c2ccc(Br)cc2)[C@H](OC(=O)c2ccc(Br)cc2)[C@@H]1OC(=O)c1ccc(Br)cc1. The van der Waals surface area contributed by atoms with Gasteiger partial charge in [0.1, 0.15) is 12.7 Å². The molecule has 2 aliphatic rings. The van der Waals surface area contributed by atoms with Crippen LogP contribution in [0.25, 0.3) is 0 Å². The molecule has 6 rings (SSSR count). The van der Waals surface area contributed by atoms with E-state index in [0.29, 0.717) is 12.3 Å². The van der Waals surface area contributed by atoms with E-state index in [-0.39, 0.29) is 40.2 Å². The summed E-state index contributed by atoms with van der Waals surface area (Å²) in [6.45, 7) is 5.98. The normalized spacial score (nSPS) is 24.4. The zero-order chi connectivity index (χ0) is 41.5. The van der Waals surface area contributed by atoms with Crippen LogP contribution in [0.3, 0.4) is 0 Å². The molecular weight excluding hydrogens is 1010 g/mol. The number of halogens is 4. The molecular formula is C44H42Br4O10. The Morgan fingerprint density at radius 2 is 0.983 bits per heavy atom. The highest BCUT2D eigenvalue weighted by atomic mass is 79.9. The summed E-state index contributed by atoms with van der Waals surface area (Å²) < 4.78 is 41.0. The molecule has 10 nitrogen and oxygen atoms in total. The van der Waals surface area contributed by atoms with Gasteiger partial charge in [0, 0.05) is 17.9 Å². The topological polar surface area (TPSA) is 124 Å². The Balaban J connectivity index is 1.44. The van der Waals surface area contributed by atoms with E-state index in [2.05, 4.69) is 84.5 Å². The fourth-order valence-electron chi connectivity index (χ4n) is 7.13. The maximum Gasteiger partial charge on any atom is 0.338 e. The smallest absolute Gasteiger partial charge is 0.338 e. The third kappa shape index (κ3) is 11.4. The van der Waals surface area contributed by atoms with Gasteiger partial charge < -0.3 is 28.4 Å². The van der Waals surface area contributed by atoms with Gasteiger partial charge in [0.2, 0.25) is 0 Å². The van der Waals surface area contributed by atoms with Crippen LogP contribution in [0.1, 0.15) is 81.5 Å². The van der Waals surface area contributed by atoms with Crippen LogP contribution >= 0.6 is 63.7 Å². The van der Waals surface area contributed by atoms with E-state index in [1.165, 1.54) is 0 Å². The summed E-state index contributed by atoms with van der Waals surface area (Å²) in [7, 11) is 0. The molecule has 1 heterocycles. The van der Waals surface area contributed by atoms with Crippen LogP contribution in [0, 0.1) is 17.8 Å². The first-order valence-electron chi connectivity index (χ1n) is 18.9. The zero-order valence-electron chi connectivity index (χ0n) is 31.9. The summed E-state index contributed by atoms with van der Waals surface area (Å²) in [5, 5.41) is 0. The van der Waals surface area contributed by atoms with Gasteiger partial charge in [-0.2, -0.15) is 0 Å². The van der Waals surface area contributed by atoms with Crippen molar-refractivity contribution < 1.29 is 47.6 Å². The van der Waals surface area contributed by atoms with E-state index in [4.69, 9.17) is 28.4 Å². The molecule has 1 saturated carbocycles. The molecule has 58 heavy (non-hydrogen) atoms. The van der Waals surface area contributed by atoms with Crippen LogP contribution in [-0.2, 0) is 28.4 Å². The number of rotatable bonds is 12. The van der Waals surface area contributed by atoms with Crippen molar-refractivity contribution in [2.24, 2.45) is 17.8 Å². The largest absolute Gasteiger partial charge is 0.459 e. The van der Waals surface area contributed by atoms with Crippen molar-refractivity contribution in [3.8, 4) is 0 Å². The van der Waals surface area contributed by atoms with Gasteiger partial charge in [-0.05, 0) is 128 Å². The summed E-state index contributed by atoms with van der Waals surface area (Å²) in [5.74, 6) is -2.28. The molecule has 4 aromatic carbocycles. The van der Waals surface area contributed by atoms with Gasteiger partial charge in [0.25, 0.3) is 0 Å². The molecule has 14 heteroatoms. The first-order valence-corrected chi connectivity index (χ1v) is 22.1. The van der Waals surface area contributed by atoms with Crippen molar-refractivity contribution in [2.75, 3.05) is 6.61 Å². The molecule has 0 amide bonds. The summed E-state index contributed by atoms with van der Waals surface area (Å²) in [4.78, 5) is 55.4. The van der Waals surface area contributed by atoms with E-state index in [9.17, 15) is 19.2 Å². The van der Waals surface area contributed by atoms with Gasteiger partial charge >= 0.3 is 23.9 Å². The van der Waals surface area contributed by atoms with Crippen LogP contribution < -0.4 is 0 Å². The van der Waals surface area contributed by atoms with E-state index in [1.807, 2.05) is 0 Å². The molecule has 1 aliphatic heterocycles. The molecule has 1 saturated heterocycles. The number of hydrogen-bond donors (Lipinski definition) is 0. The maximum atomic E-state index is 14.1. The predicted octanol–water partition coefficient (Wildman–Crippen LogP) is 10.8. The van der Waals surface area contributed by atoms with Crippen LogP contribution in [0.4, 0.5) is 0 Å². The lowest BCUT2D eigenvalue weighted by molar-refractivity contribution is -0.315. The second-order valence-electron chi connectivity index (χ2n) is 14.8. The Kier molecular flexibility index (Phi) is 15.4. The molecule has 0 spiro atoms. The molecule has 0 bridgehead atoms. The summed E-state index contributed by atoms with van der Waals surface area (Å²) in [5.41, 5.74) is 0.845. The minimum Gasteiger partial charge on any atom is -0.459 e. The Bertz CT molecular complexity index is 2040. The highest BCUT2D eigenvalue weighted by molar-refractivity contribution is 9.11. The number of esters is 4. The molecule has 306 valence electrons.